The normalized spacial score (nSPS) is 15.0. The number of hydrogen-bond acceptors (Lipinski definition) is 5. The summed E-state index contributed by atoms with van der Waals surface area (Å²) in [4.78, 5) is 7.39. The zero-order valence-corrected chi connectivity index (χ0v) is 19.4. The summed E-state index contributed by atoms with van der Waals surface area (Å²) >= 11 is 0. The number of aromatic nitrogens is 1. The van der Waals surface area contributed by atoms with Crippen LogP contribution in [0.2, 0.25) is 0 Å². The van der Waals surface area contributed by atoms with E-state index in [1.807, 2.05) is 12.1 Å². The van der Waals surface area contributed by atoms with Crippen LogP contribution in [0, 0.1) is 19.7 Å². The molecule has 3 aromatic rings. The Bertz CT molecular complexity index is 1030. The number of hydrogen-bond donors (Lipinski definition) is 0. The van der Waals surface area contributed by atoms with E-state index in [1.165, 1.54) is 22.9 Å². The van der Waals surface area contributed by atoms with Crippen LogP contribution >= 0.6 is 0 Å². The van der Waals surface area contributed by atoms with E-state index in [-0.39, 0.29) is 5.82 Å². The fraction of sp³-hybridized carbons (Fsp3) is 0.423. The number of halogens is 1. The highest BCUT2D eigenvalue weighted by Gasteiger charge is 2.19. The molecular weight excluding hydrogens is 403 g/mol. The van der Waals surface area contributed by atoms with E-state index >= 15 is 0 Å². The molecule has 2 heterocycles. The van der Waals surface area contributed by atoms with Gasteiger partial charge in [0.1, 0.15) is 11.5 Å². The smallest absolute Gasteiger partial charge is 0.151 e. The number of anilines is 1. The van der Waals surface area contributed by atoms with Crippen molar-refractivity contribution in [3.8, 4) is 11.3 Å². The van der Waals surface area contributed by atoms with Gasteiger partial charge >= 0.3 is 0 Å². The Hall–Kier alpha value is -2.70. The molecule has 6 heteroatoms. The Kier molecular flexibility index (Phi) is 7.22. The maximum Gasteiger partial charge on any atom is 0.151 e. The minimum Gasteiger partial charge on any atom is -0.369 e. The molecule has 0 bridgehead atoms. The molecule has 0 unspecified atom stereocenters. The molecule has 0 spiro atoms. The molecule has 0 aliphatic carbocycles. The number of nitrogens with zero attached hydrogens (tertiary/aromatic N) is 4. The van der Waals surface area contributed by atoms with E-state index in [0.29, 0.717) is 17.8 Å². The first-order chi connectivity index (χ1) is 15.5. The molecule has 32 heavy (non-hydrogen) atoms. The van der Waals surface area contributed by atoms with Crippen molar-refractivity contribution >= 4 is 5.69 Å². The molecular formula is C26H33FN4O. The summed E-state index contributed by atoms with van der Waals surface area (Å²) in [6.45, 7) is 14.4. The minimum atomic E-state index is -0.278. The Labute approximate surface area is 190 Å². The topological polar surface area (TPSA) is 35.8 Å². The largest absolute Gasteiger partial charge is 0.369 e. The van der Waals surface area contributed by atoms with Gasteiger partial charge in [-0.2, -0.15) is 0 Å². The zero-order valence-electron chi connectivity index (χ0n) is 19.4. The average Bonchev–Trinajstić information content (AvgIpc) is 3.26. The highest BCUT2D eigenvalue weighted by atomic mass is 19.1. The Balaban J connectivity index is 1.27. The summed E-state index contributed by atoms with van der Waals surface area (Å²) in [6, 6.07) is 15.2. The fourth-order valence-corrected chi connectivity index (χ4v) is 4.41. The quantitative estimate of drug-likeness (QED) is 0.510. The second-order valence-electron chi connectivity index (χ2n) is 8.65. The van der Waals surface area contributed by atoms with Crippen LogP contribution in [0.15, 0.2) is 53.1 Å². The first kappa shape index (κ1) is 22.5. The summed E-state index contributed by atoms with van der Waals surface area (Å²) in [5.41, 5.74) is 5.07. The molecule has 1 aliphatic rings. The summed E-state index contributed by atoms with van der Waals surface area (Å²) in [5, 5.41) is 4.08. The van der Waals surface area contributed by atoms with Crippen LogP contribution in [0.5, 0.6) is 0 Å². The van der Waals surface area contributed by atoms with Gasteiger partial charge in [-0.05, 0) is 44.2 Å². The molecule has 1 fully saturated rings. The minimum absolute atomic E-state index is 0.278. The van der Waals surface area contributed by atoms with Crippen molar-refractivity contribution in [2.45, 2.75) is 27.3 Å². The molecule has 0 amide bonds. The van der Waals surface area contributed by atoms with Crippen LogP contribution in [-0.2, 0) is 6.54 Å². The lowest BCUT2D eigenvalue weighted by molar-refractivity contribution is 0.185. The molecule has 0 saturated carbocycles. The number of aryl methyl sites for hydroxylation is 2. The van der Waals surface area contributed by atoms with Gasteiger partial charge in [-0.15, -0.1) is 0 Å². The van der Waals surface area contributed by atoms with E-state index in [1.54, 1.807) is 12.1 Å². The average molecular weight is 437 g/mol. The zero-order chi connectivity index (χ0) is 22.5. The standard InChI is InChI=1S/C26H33FN4O/c1-4-29(19-22-18-25(28-32-22)23-7-5-6-8-24(23)27)11-12-30-13-15-31(16-14-30)26-10-9-20(2)17-21(26)3/h5-10,17-18H,4,11-16,19H2,1-3H3. The number of likely N-dealkylation sites (N-methyl/N-ethyl adjacent to an activating group) is 1. The first-order valence-electron chi connectivity index (χ1n) is 11.5. The second kappa shape index (κ2) is 10.3. The van der Waals surface area contributed by atoms with Crippen molar-refractivity contribution in [2.24, 2.45) is 0 Å². The lowest BCUT2D eigenvalue weighted by Crippen LogP contribution is -2.48. The van der Waals surface area contributed by atoms with Crippen LogP contribution in [0.4, 0.5) is 10.1 Å². The molecule has 5 nitrogen and oxygen atoms in total. The molecule has 1 aromatic heterocycles. The third-order valence-corrected chi connectivity index (χ3v) is 6.33. The van der Waals surface area contributed by atoms with Crippen molar-refractivity contribution in [1.29, 1.82) is 0 Å². The highest BCUT2D eigenvalue weighted by Crippen LogP contribution is 2.24. The number of rotatable bonds is 8. The van der Waals surface area contributed by atoms with Gasteiger partial charge in [-0.25, -0.2) is 4.39 Å². The van der Waals surface area contributed by atoms with Crippen LogP contribution in [-0.4, -0.2) is 60.8 Å². The Morgan fingerprint density at radius 2 is 1.81 bits per heavy atom. The van der Waals surface area contributed by atoms with Gasteiger partial charge < -0.3 is 9.42 Å². The van der Waals surface area contributed by atoms with Gasteiger partial charge in [0, 0.05) is 56.6 Å². The number of benzene rings is 2. The van der Waals surface area contributed by atoms with Gasteiger partial charge in [-0.3, -0.25) is 9.80 Å². The molecule has 1 aliphatic heterocycles. The van der Waals surface area contributed by atoms with Crippen LogP contribution in [0.3, 0.4) is 0 Å². The fourth-order valence-electron chi connectivity index (χ4n) is 4.41. The molecule has 1 saturated heterocycles. The van der Waals surface area contributed by atoms with Crippen molar-refractivity contribution in [2.75, 3.05) is 50.7 Å². The van der Waals surface area contributed by atoms with E-state index in [9.17, 15) is 4.39 Å². The maximum atomic E-state index is 14.0. The molecule has 2 aromatic carbocycles. The van der Waals surface area contributed by atoms with Gasteiger partial charge in [0.25, 0.3) is 0 Å². The molecule has 170 valence electrons. The van der Waals surface area contributed by atoms with Crippen molar-refractivity contribution in [1.82, 2.24) is 15.0 Å². The Morgan fingerprint density at radius 1 is 1.03 bits per heavy atom. The van der Waals surface area contributed by atoms with E-state index in [0.717, 1.165) is 51.6 Å². The second-order valence-corrected chi connectivity index (χ2v) is 8.65. The summed E-state index contributed by atoms with van der Waals surface area (Å²) in [7, 11) is 0. The highest BCUT2D eigenvalue weighted by molar-refractivity contribution is 5.59. The SMILES string of the molecule is CCN(CCN1CCN(c2ccc(C)cc2C)CC1)Cc1cc(-c2ccccc2F)no1. The van der Waals surface area contributed by atoms with E-state index in [2.05, 4.69) is 58.8 Å². The molecule has 0 radical (unpaired) electrons. The summed E-state index contributed by atoms with van der Waals surface area (Å²) in [5.74, 6) is 0.490. The van der Waals surface area contributed by atoms with Crippen LogP contribution < -0.4 is 4.90 Å². The van der Waals surface area contributed by atoms with Crippen LogP contribution in [0.25, 0.3) is 11.3 Å². The first-order valence-corrected chi connectivity index (χ1v) is 11.5. The Morgan fingerprint density at radius 3 is 2.53 bits per heavy atom. The van der Waals surface area contributed by atoms with Crippen molar-refractivity contribution in [3.05, 3.63) is 71.2 Å². The predicted molar refractivity (Wildman–Crippen MR) is 127 cm³/mol. The van der Waals surface area contributed by atoms with Gasteiger partial charge in [0.15, 0.2) is 5.76 Å². The lowest BCUT2D eigenvalue weighted by atomic mass is 10.1. The number of piperazine rings is 1. The summed E-state index contributed by atoms with van der Waals surface area (Å²) in [6.07, 6.45) is 0. The van der Waals surface area contributed by atoms with Crippen molar-refractivity contribution < 1.29 is 8.91 Å². The lowest BCUT2D eigenvalue weighted by Gasteiger charge is -2.37. The van der Waals surface area contributed by atoms with Crippen LogP contribution in [0.1, 0.15) is 23.8 Å². The predicted octanol–water partition coefficient (Wildman–Crippen LogP) is 4.74. The van der Waals surface area contributed by atoms with Gasteiger partial charge in [0.2, 0.25) is 0 Å². The van der Waals surface area contributed by atoms with Crippen molar-refractivity contribution in [3.63, 3.8) is 0 Å². The van der Waals surface area contributed by atoms with Gasteiger partial charge in [-0.1, -0.05) is 41.9 Å². The third-order valence-electron chi connectivity index (χ3n) is 6.33. The molecule has 4 rings (SSSR count). The van der Waals surface area contributed by atoms with Gasteiger partial charge in [0.05, 0.1) is 6.54 Å². The monoisotopic (exact) mass is 436 g/mol. The maximum absolute atomic E-state index is 14.0. The van der Waals surface area contributed by atoms with E-state index < -0.39 is 0 Å². The molecule has 0 atom stereocenters. The third kappa shape index (κ3) is 5.37. The summed E-state index contributed by atoms with van der Waals surface area (Å²) < 4.78 is 19.5. The molecule has 0 N–H and O–H groups in total. The van der Waals surface area contributed by atoms with E-state index in [4.69, 9.17) is 4.52 Å².